The molecule has 0 saturated carbocycles. The zero-order valence-corrected chi connectivity index (χ0v) is 9.05. The molecule has 2 rings (SSSR count). The summed E-state index contributed by atoms with van der Waals surface area (Å²) in [6, 6.07) is 9.76. The highest BCUT2D eigenvalue weighted by molar-refractivity contribution is 5.95. The molecule has 0 aliphatic rings. The van der Waals surface area contributed by atoms with Gasteiger partial charge in [0.25, 0.3) is 0 Å². The van der Waals surface area contributed by atoms with Gasteiger partial charge < -0.3 is 15.5 Å². The Bertz CT molecular complexity index is 531. The summed E-state index contributed by atoms with van der Waals surface area (Å²) in [5, 5.41) is 11.6. The zero-order chi connectivity index (χ0) is 12.3. The van der Waals surface area contributed by atoms with Crippen LogP contribution in [0.1, 0.15) is 11.3 Å². The van der Waals surface area contributed by atoms with Gasteiger partial charge in [-0.1, -0.05) is 17.3 Å². The van der Waals surface area contributed by atoms with Gasteiger partial charge in [0, 0.05) is 12.7 Å². The van der Waals surface area contributed by atoms with Crippen LogP contribution in [0, 0.1) is 5.82 Å². The number of hydrogen-bond acceptors (Lipinski definition) is 2. The fourth-order valence-corrected chi connectivity index (χ4v) is 1.62. The Labute approximate surface area is 97.8 Å². The molecular weight excluding hydrogens is 221 g/mol. The van der Waals surface area contributed by atoms with Crippen LogP contribution in [0.3, 0.4) is 0 Å². The minimum atomic E-state index is -0.266. The number of halogens is 1. The van der Waals surface area contributed by atoms with E-state index in [9.17, 15) is 4.39 Å². The summed E-state index contributed by atoms with van der Waals surface area (Å²) < 4.78 is 14.6. The van der Waals surface area contributed by atoms with Gasteiger partial charge in [-0.2, -0.15) is 0 Å². The van der Waals surface area contributed by atoms with Crippen molar-refractivity contribution in [3.63, 3.8) is 0 Å². The topological polar surface area (TPSA) is 63.5 Å². The maximum atomic E-state index is 12.7. The van der Waals surface area contributed by atoms with Gasteiger partial charge in [0.2, 0.25) is 0 Å². The molecule has 0 bridgehead atoms. The van der Waals surface area contributed by atoms with Crippen LogP contribution >= 0.6 is 0 Å². The molecule has 0 radical (unpaired) electrons. The summed E-state index contributed by atoms with van der Waals surface area (Å²) >= 11 is 0. The van der Waals surface area contributed by atoms with Crippen molar-refractivity contribution in [2.75, 3.05) is 0 Å². The lowest BCUT2D eigenvalue weighted by molar-refractivity contribution is 0.318. The summed E-state index contributed by atoms with van der Waals surface area (Å²) in [5.41, 5.74) is 7.10. The van der Waals surface area contributed by atoms with Crippen LogP contribution in [0.4, 0.5) is 4.39 Å². The van der Waals surface area contributed by atoms with Gasteiger partial charge in [-0.15, -0.1) is 0 Å². The van der Waals surface area contributed by atoms with Gasteiger partial charge in [0.1, 0.15) is 5.82 Å². The third-order valence-electron chi connectivity index (χ3n) is 2.47. The van der Waals surface area contributed by atoms with Gasteiger partial charge in [0.15, 0.2) is 5.84 Å². The van der Waals surface area contributed by atoms with E-state index in [0.29, 0.717) is 12.2 Å². The predicted octanol–water partition coefficient (Wildman–Crippen LogP) is 1.77. The van der Waals surface area contributed by atoms with Gasteiger partial charge >= 0.3 is 0 Å². The van der Waals surface area contributed by atoms with E-state index in [0.717, 1.165) is 5.56 Å². The average molecular weight is 233 g/mol. The molecule has 4 nitrogen and oxygen atoms in total. The average Bonchev–Trinajstić information content (AvgIpc) is 2.79. The number of amidine groups is 1. The van der Waals surface area contributed by atoms with E-state index >= 15 is 0 Å². The standard InChI is InChI=1S/C12H12FN3O/c13-10-5-3-9(4-6-10)8-16-7-1-2-11(16)12(14)15-17/h1-7,17H,8H2,(H2,14,15). The molecule has 88 valence electrons. The Hall–Kier alpha value is -2.30. The van der Waals surface area contributed by atoms with E-state index in [-0.39, 0.29) is 11.7 Å². The number of benzene rings is 1. The molecule has 2 aromatic rings. The minimum absolute atomic E-state index is 0.0529. The molecular formula is C12H12FN3O. The molecule has 0 atom stereocenters. The van der Waals surface area contributed by atoms with Crippen LogP contribution < -0.4 is 5.73 Å². The van der Waals surface area contributed by atoms with Crippen molar-refractivity contribution >= 4 is 5.84 Å². The highest BCUT2D eigenvalue weighted by atomic mass is 19.1. The van der Waals surface area contributed by atoms with Crippen molar-refractivity contribution in [1.82, 2.24) is 4.57 Å². The number of rotatable bonds is 3. The lowest BCUT2D eigenvalue weighted by Gasteiger charge is -2.08. The Morgan fingerprint density at radius 1 is 1.29 bits per heavy atom. The largest absolute Gasteiger partial charge is 0.409 e. The van der Waals surface area contributed by atoms with Crippen LogP contribution in [-0.4, -0.2) is 15.6 Å². The fourth-order valence-electron chi connectivity index (χ4n) is 1.62. The Balaban J connectivity index is 2.25. The summed E-state index contributed by atoms with van der Waals surface area (Å²) in [7, 11) is 0. The van der Waals surface area contributed by atoms with Gasteiger partial charge in [-0.05, 0) is 29.8 Å². The molecule has 0 saturated heterocycles. The van der Waals surface area contributed by atoms with Crippen molar-refractivity contribution in [3.8, 4) is 0 Å². The first-order valence-corrected chi connectivity index (χ1v) is 5.08. The molecule has 0 spiro atoms. The quantitative estimate of drug-likeness (QED) is 0.367. The SMILES string of the molecule is N/C(=N/O)c1cccn1Cc1ccc(F)cc1. The second kappa shape index (κ2) is 4.69. The van der Waals surface area contributed by atoms with E-state index < -0.39 is 0 Å². The third-order valence-corrected chi connectivity index (χ3v) is 2.47. The van der Waals surface area contributed by atoms with Crippen molar-refractivity contribution in [3.05, 3.63) is 59.7 Å². The molecule has 3 N–H and O–H groups in total. The second-order valence-electron chi connectivity index (χ2n) is 3.63. The van der Waals surface area contributed by atoms with Crippen molar-refractivity contribution in [1.29, 1.82) is 0 Å². The molecule has 0 aliphatic heterocycles. The first-order valence-electron chi connectivity index (χ1n) is 5.08. The molecule has 0 fully saturated rings. The smallest absolute Gasteiger partial charge is 0.186 e. The van der Waals surface area contributed by atoms with Gasteiger partial charge in [0.05, 0.1) is 5.69 Å². The fraction of sp³-hybridized carbons (Fsp3) is 0.0833. The normalized spacial score (nSPS) is 11.7. The first kappa shape index (κ1) is 11.2. The van der Waals surface area contributed by atoms with Gasteiger partial charge in [-0.25, -0.2) is 4.39 Å². The molecule has 1 aromatic carbocycles. The molecule has 17 heavy (non-hydrogen) atoms. The number of nitrogens with two attached hydrogens (primary N) is 1. The molecule has 0 aliphatic carbocycles. The predicted molar refractivity (Wildman–Crippen MR) is 62.4 cm³/mol. The second-order valence-corrected chi connectivity index (χ2v) is 3.63. The summed E-state index contributed by atoms with van der Waals surface area (Å²) in [5.74, 6) is -0.213. The molecule has 1 heterocycles. The lowest BCUT2D eigenvalue weighted by atomic mass is 10.2. The van der Waals surface area contributed by atoms with E-state index in [1.54, 1.807) is 24.3 Å². The maximum Gasteiger partial charge on any atom is 0.186 e. The maximum absolute atomic E-state index is 12.7. The van der Waals surface area contributed by atoms with Crippen molar-refractivity contribution in [2.45, 2.75) is 6.54 Å². The Morgan fingerprint density at radius 2 is 2.00 bits per heavy atom. The summed E-state index contributed by atoms with van der Waals surface area (Å²) in [4.78, 5) is 0. The van der Waals surface area contributed by atoms with Crippen LogP contribution in [0.25, 0.3) is 0 Å². The lowest BCUT2D eigenvalue weighted by Crippen LogP contribution is -2.18. The zero-order valence-electron chi connectivity index (χ0n) is 9.05. The summed E-state index contributed by atoms with van der Waals surface area (Å²) in [6.45, 7) is 0.541. The van der Waals surface area contributed by atoms with Gasteiger partial charge in [-0.3, -0.25) is 0 Å². The highest BCUT2D eigenvalue weighted by Crippen LogP contribution is 2.09. The van der Waals surface area contributed by atoms with E-state index in [1.807, 2.05) is 10.8 Å². The van der Waals surface area contributed by atoms with E-state index in [1.165, 1.54) is 12.1 Å². The third kappa shape index (κ3) is 2.44. The minimum Gasteiger partial charge on any atom is -0.409 e. The van der Waals surface area contributed by atoms with Crippen LogP contribution in [0.2, 0.25) is 0 Å². The molecule has 1 aromatic heterocycles. The Kier molecular flexibility index (Phi) is 3.09. The van der Waals surface area contributed by atoms with Crippen molar-refractivity contribution < 1.29 is 9.60 Å². The number of nitrogens with zero attached hydrogens (tertiary/aromatic N) is 2. The first-order chi connectivity index (χ1) is 8.20. The monoisotopic (exact) mass is 233 g/mol. The van der Waals surface area contributed by atoms with E-state index in [2.05, 4.69) is 5.16 Å². The van der Waals surface area contributed by atoms with Crippen LogP contribution in [0.15, 0.2) is 47.8 Å². The number of oxime groups is 1. The number of aromatic nitrogens is 1. The number of hydrogen-bond donors (Lipinski definition) is 2. The molecule has 0 unspecified atom stereocenters. The molecule has 5 heteroatoms. The summed E-state index contributed by atoms with van der Waals surface area (Å²) in [6.07, 6.45) is 1.82. The molecule has 0 amide bonds. The van der Waals surface area contributed by atoms with Crippen LogP contribution in [-0.2, 0) is 6.54 Å². The Morgan fingerprint density at radius 3 is 2.65 bits per heavy atom. The van der Waals surface area contributed by atoms with E-state index in [4.69, 9.17) is 10.9 Å². The highest BCUT2D eigenvalue weighted by Gasteiger charge is 2.06. The van der Waals surface area contributed by atoms with Crippen molar-refractivity contribution in [2.24, 2.45) is 10.9 Å². The van der Waals surface area contributed by atoms with Crippen LogP contribution in [0.5, 0.6) is 0 Å².